The molecule has 1 heterocycles. The molecule has 28 heavy (non-hydrogen) atoms. The second-order valence-corrected chi connectivity index (χ2v) is 9.04. The van der Waals surface area contributed by atoms with Gasteiger partial charge in [0.1, 0.15) is 0 Å². The van der Waals surface area contributed by atoms with Crippen molar-refractivity contribution in [3.05, 3.63) is 53.6 Å². The molecular weight excluding hydrogens is 378 g/mol. The number of carbonyl (C=O) groups excluding carboxylic acids is 2. The van der Waals surface area contributed by atoms with Crippen LogP contribution in [0.4, 0.5) is 11.4 Å². The summed E-state index contributed by atoms with van der Waals surface area (Å²) in [5.41, 5.74) is 2.20. The molecule has 0 atom stereocenters. The van der Waals surface area contributed by atoms with E-state index in [-0.39, 0.29) is 16.7 Å². The third-order valence-corrected chi connectivity index (χ3v) is 6.68. The third kappa shape index (κ3) is 3.93. The number of sulfonamides is 1. The molecule has 2 aromatic rings. The van der Waals surface area contributed by atoms with Crippen LogP contribution in [0.25, 0.3) is 0 Å². The zero-order valence-electron chi connectivity index (χ0n) is 16.1. The molecule has 0 aliphatic carbocycles. The van der Waals surface area contributed by atoms with Gasteiger partial charge in [0.15, 0.2) is 0 Å². The minimum absolute atomic E-state index is 0.0893. The lowest BCUT2D eigenvalue weighted by Gasteiger charge is -2.16. The van der Waals surface area contributed by atoms with Crippen molar-refractivity contribution in [1.29, 1.82) is 0 Å². The Kier molecular flexibility index (Phi) is 5.53. The van der Waals surface area contributed by atoms with Crippen LogP contribution in [0, 0.1) is 6.92 Å². The predicted octanol–water partition coefficient (Wildman–Crippen LogP) is 2.62. The molecule has 7 nitrogen and oxygen atoms in total. The maximum atomic E-state index is 12.5. The Morgan fingerprint density at radius 2 is 1.79 bits per heavy atom. The Morgan fingerprint density at radius 1 is 1.11 bits per heavy atom. The zero-order chi connectivity index (χ0) is 20.5. The topological polar surface area (TPSA) is 86.8 Å². The lowest BCUT2D eigenvalue weighted by molar-refractivity contribution is -0.117. The Balaban J connectivity index is 1.79. The summed E-state index contributed by atoms with van der Waals surface area (Å²) in [7, 11) is -0.676. The van der Waals surface area contributed by atoms with E-state index < -0.39 is 10.0 Å². The first kappa shape index (κ1) is 20.0. The Labute approximate surface area is 165 Å². The van der Waals surface area contributed by atoms with Crippen molar-refractivity contribution in [1.82, 2.24) is 4.31 Å². The number of rotatable bonds is 5. The fourth-order valence-corrected chi connectivity index (χ4v) is 4.21. The molecule has 2 aromatic carbocycles. The number of amides is 2. The number of benzene rings is 2. The molecule has 1 N–H and O–H groups in total. The fourth-order valence-electron chi connectivity index (χ4n) is 3.07. The van der Waals surface area contributed by atoms with Crippen LogP contribution < -0.4 is 10.2 Å². The van der Waals surface area contributed by atoms with Gasteiger partial charge in [-0.2, -0.15) is 0 Å². The Hall–Kier alpha value is -2.71. The highest BCUT2D eigenvalue weighted by molar-refractivity contribution is 7.89. The molecule has 0 aromatic heterocycles. The SMILES string of the molecule is Cc1ccc(NC(=O)c2ccc(N3CCCC3=O)cc2)cc1S(=O)(=O)N(C)C. The van der Waals surface area contributed by atoms with Crippen molar-refractivity contribution in [2.24, 2.45) is 0 Å². The first-order valence-corrected chi connectivity index (χ1v) is 10.4. The van der Waals surface area contributed by atoms with Gasteiger partial charge in [0.05, 0.1) is 4.90 Å². The van der Waals surface area contributed by atoms with Crippen molar-refractivity contribution in [2.75, 3.05) is 30.9 Å². The minimum Gasteiger partial charge on any atom is -0.322 e. The van der Waals surface area contributed by atoms with Gasteiger partial charge in [-0.25, -0.2) is 12.7 Å². The van der Waals surface area contributed by atoms with E-state index in [2.05, 4.69) is 5.32 Å². The van der Waals surface area contributed by atoms with Crippen LogP contribution in [-0.2, 0) is 14.8 Å². The number of hydrogen-bond donors (Lipinski definition) is 1. The summed E-state index contributed by atoms with van der Waals surface area (Å²) in [6.45, 7) is 2.40. The highest BCUT2D eigenvalue weighted by Crippen LogP contribution is 2.24. The first-order chi connectivity index (χ1) is 13.2. The van der Waals surface area contributed by atoms with Gasteiger partial charge in [-0.1, -0.05) is 6.07 Å². The van der Waals surface area contributed by atoms with Crippen LogP contribution >= 0.6 is 0 Å². The molecule has 1 aliphatic heterocycles. The molecule has 0 saturated carbocycles. The number of carbonyl (C=O) groups is 2. The molecular formula is C20H23N3O4S. The van der Waals surface area contributed by atoms with Gasteiger partial charge in [-0.05, 0) is 55.3 Å². The fraction of sp³-hybridized carbons (Fsp3) is 0.300. The van der Waals surface area contributed by atoms with Gasteiger partial charge in [0.2, 0.25) is 15.9 Å². The number of anilines is 2. The molecule has 0 unspecified atom stereocenters. The van der Waals surface area contributed by atoms with E-state index in [1.165, 1.54) is 20.2 Å². The summed E-state index contributed by atoms with van der Waals surface area (Å²) in [6, 6.07) is 11.6. The van der Waals surface area contributed by atoms with Crippen molar-refractivity contribution in [3.8, 4) is 0 Å². The van der Waals surface area contributed by atoms with Gasteiger partial charge in [0, 0.05) is 44.0 Å². The van der Waals surface area contributed by atoms with Crippen LogP contribution in [0.3, 0.4) is 0 Å². The molecule has 0 bridgehead atoms. The van der Waals surface area contributed by atoms with E-state index in [9.17, 15) is 18.0 Å². The monoisotopic (exact) mass is 401 g/mol. The van der Waals surface area contributed by atoms with Gasteiger partial charge in [0.25, 0.3) is 5.91 Å². The molecule has 0 spiro atoms. The van der Waals surface area contributed by atoms with Crippen molar-refractivity contribution < 1.29 is 18.0 Å². The normalized spacial score (nSPS) is 14.6. The third-order valence-electron chi connectivity index (χ3n) is 4.72. The van der Waals surface area contributed by atoms with Crippen LogP contribution in [0.5, 0.6) is 0 Å². The standard InChI is InChI=1S/C20H23N3O4S/c1-14-6-9-16(13-18(14)28(26,27)22(2)3)21-20(25)15-7-10-17(11-8-15)23-12-4-5-19(23)24/h6-11,13H,4-5,12H2,1-3H3,(H,21,25). The quantitative estimate of drug-likeness (QED) is 0.834. The van der Waals surface area contributed by atoms with E-state index in [0.29, 0.717) is 29.8 Å². The zero-order valence-corrected chi connectivity index (χ0v) is 16.9. The average molecular weight is 401 g/mol. The molecule has 1 aliphatic rings. The first-order valence-electron chi connectivity index (χ1n) is 8.95. The smallest absolute Gasteiger partial charge is 0.255 e. The van der Waals surface area contributed by atoms with Gasteiger partial charge in [-0.15, -0.1) is 0 Å². The summed E-state index contributed by atoms with van der Waals surface area (Å²) in [6.07, 6.45) is 1.39. The predicted molar refractivity (Wildman–Crippen MR) is 108 cm³/mol. The maximum Gasteiger partial charge on any atom is 0.255 e. The largest absolute Gasteiger partial charge is 0.322 e. The van der Waals surface area contributed by atoms with E-state index in [0.717, 1.165) is 16.4 Å². The van der Waals surface area contributed by atoms with Crippen LogP contribution in [0.1, 0.15) is 28.8 Å². The number of nitrogens with zero attached hydrogens (tertiary/aromatic N) is 2. The lowest BCUT2D eigenvalue weighted by Crippen LogP contribution is -2.24. The summed E-state index contributed by atoms with van der Waals surface area (Å²) in [5, 5.41) is 2.73. The molecule has 8 heteroatoms. The van der Waals surface area contributed by atoms with E-state index >= 15 is 0 Å². The minimum atomic E-state index is -3.61. The number of nitrogens with one attached hydrogen (secondary N) is 1. The lowest BCUT2D eigenvalue weighted by atomic mass is 10.1. The highest BCUT2D eigenvalue weighted by Gasteiger charge is 2.22. The Morgan fingerprint density at radius 3 is 2.36 bits per heavy atom. The molecule has 2 amide bonds. The van der Waals surface area contributed by atoms with Crippen LogP contribution in [-0.4, -0.2) is 45.2 Å². The second kappa shape index (κ2) is 7.73. The van der Waals surface area contributed by atoms with Gasteiger partial charge in [-0.3, -0.25) is 9.59 Å². The van der Waals surface area contributed by atoms with Crippen molar-refractivity contribution in [3.63, 3.8) is 0 Å². The van der Waals surface area contributed by atoms with Crippen molar-refractivity contribution in [2.45, 2.75) is 24.7 Å². The van der Waals surface area contributed by atoms with E-state index in [1.54, 1.807) is 48.2 Å². The molecule has 1 fully saturated rings. The summed E-state index contributed by atoms with van der Waals surface area (Å²) >= 11 is 0. The van der Waals surface area contributed by atoms with Gasteiger partial charge >= 0.3 is 0 Å². The summed E-state index contributed by atoms with van der Waals surface area (Å²) in [5.74, 6) is -0.261. The van der Waals surface area contributed by atoms with Gasteiger partial charge < -0.3 is 10.2 Å². The van der Waals surface area contributed by atoms with Crippen LogP contribution in [0.15, 0.2) is 47.4 Å². The van der Waals surface area contributed by atoms with Crippen LogP contribution in [0.2, 0.25) is 0 Å². The summed E-state index contributed by atoms with van der Waals surface area (Å²) < 4.78 is 26.0. The number of aryl methyl sites for hydroxylation is 1. The number of hydrogen-bond acceptors (Lipinski definition) is 4. The molecule has 1 saturated heterocycles. The maximum absolute atomic E-state index is 12.5. The second-order valence-electron chi connectivity index (χ2n) is 6.92. The molecule has 3 rings (SSSR count). The van der Waals surface area contributed by atoms with E-state index in [4.69, 9.17) is 0 Å². The highest BCUT2D eigenvalue weighted by atomic mass is 32.2. The van der Waals surface area contributed by atoms with Crippen molar-refractivity contribution >= 4 is 33.2 Å². The molecule has 148 valence electrons. The van der Waals surface area contributed by atoms with E-state index in [1.807, 2.05) is 0 Å². The Bertz CT molecular complexity index is 1010. The molecule has 0 radical (unpaired) electrons. The average Bonchev–Trinajstić information content (AvgIpc) is 3.09. The summed E-state index contributed by atoms with van der Waals surface area (Å²) in [4.78, 5) is 26.2.